The second kappa shape index (κ2) is 18.1. The summed E-state index contributed by atoms with van der Waals surface area (Å²) in [4.78, 5) is 0. The number of hydrogen-bond donors (Lipinski definition) is 0. The minimum atomic E-state index is 0. The van der Waals surface area contributed by atoms with Crippen molar-refractivity contribution in [1.82, 2.24) is 9.13 Å². The molecule has 0 N–H and O–H groups in total. The van der Waals surface area contributed by atoms with Crippen LogP contribution >= 0.6 is 0 Å². The van der Waals surface area contributed by atoms with E-state index < -0.39 is 0 Å². The van der Waals surface area contributed by atoms with Crippen LogP contribution in [-0.4, -0.2) is 30.1 Å². The molecule has 0 fully saturated rings. The Labute approximate surface area is 146 Å². The van der Waals surface area contributed by atoms with Gasteiger partial charge in [0.25, 0.3) is 0 Å². The van der Waals surface area contributed by atoms with E-state index in [1.165, 1.54) is 0 Å². The van der Waals surface area contributed by atoms with Crippen molar-refractivity contribution in [2.75, 3.05) is 0 Å². The summed E-state index contributed by atoms with van der Waals surface area (Å²) < 4.78 is 34.8. The van der Waals surface area contributed by atoms with Crippen molar-refractivity contribution in [3.05, 3.63) is 39.0 Å². The molecular formula is C14H20FeN2O4Si. The van der Waals surface area contributed by atoms with E-state index in [4.69, 9.17) is 18.6 Å². The summed E-state index contributed by atoms with van der Waals surface area (Å²) in [5.74, 6) is 0. The predicted octanol–water partition coefficient (Wildman–Crippen LogP) is 2.05. The van der Waals surface area contributed by atoms with E-state index in [0.717, 1.165) is 9.84 Å². The summed E-state index contributed by atoms with van der Waals surface area (Å²) in [6.45, 7) is 31.5. The number of nitrogens with zero attached hydrogens (tertiary/aromatic N) is 2. The van der Waals surface area contributed by atoms with Crippen LogP contribution in [0.25, 0.3) is 0 Å². The SMILES string of the molecule is CC(C)(C)N1C=CN(C(C)(C)C)[Si]1.[C-]#[O+].[C-]#[O+].[C-]#[O+].[C-]#[O+].[Fe]. The van der Waals surface area contributed by atoms with Crippen LogP contribution in [0.3, 0.4) is 0 Å². The Hall–Kier alpha value is -0.964. The van der Waals surface area contributed by atoms with Gasteiger partial charge in [-0.1, -0.05) is 0 Å². The molecule has 1 aliphatic rings. The van der Waals surface area contributed by atoms with Gasteiger partial charge in [0.05, 0.1) is 0 Å². The first kappa shape index (κ1) is 32.8. The first-order valence-corrected chi connectivity index (χ1v) is 6.46. The third-order valence-electron chi connectivity index (χ3n) is 2.03. The molecular weight excluding hydrogens is 344 g/mol. The molecule has 122 valence electrons. The van der Waals surface area contributed by atoms with Crippen LogP contribution in [0.1, 0.15) is 41.5 Å². The molecule has 0 saturated heterocycles. The molecule has 0 spiro atoms. The minimum absolute atomic E-state index is 0. The van der Waals surface area contributed by atoms with Crippen molar-refractivity contribution in [3.8, 4) is 0 Å². The molecule has 0 aromatic rings. The Morgan fingerprint density at radius 1 is 0.636 bits per heavy atom. The summed E-state index contributed by atoms with van der Waals surface area (Å²) in [5, 5.41) is 0. The molecule has 0 unspecified atom stereocenters. The van der Waals surface area contributed by atoms with Crippen molar-refractivity contribution in [1.29, 1.82) is 0 Å². The largest absolute Gasteiger partial charge is 0 e. The van der Waals surface area contributed by atoms with Crippen LogP contribution in [-0.2, 0) is 35.7 Å². The van der Waals surface area contributed by atoms with Crippen LogP contribution in [0.5, 0.6) is 0 Å². The fourth-order valence-electron chi connectivity index (χ4n) is 1.06. The molecule has 1 rings (SSSR count). The van der Waals surface area contributed by atoms with Crippen molar-refractivity contribution in [2.24, 2.45) is 0 Å². The van der Waals surface area contributed by atoms with Crippen LogP contribution in [0.2, 0.25) is 0 Å². The quantitative estimate of drug-likeness (QED) is 0.374. The molecule has 22 heavy (non-hydrogen) atoms. The summed E-state index contributed by atoms with van der Waals surface area (Å²) in [5.41, 5.74) is 0.490. The first-order chi connectivity index (χ1) is 9.71. The average molecular weight is 364 g/mol. The zero-order valence-electron chi connectivity index (χ0n) is 13.5. The van der Waals surface area contributed by atoms with Crippen LogP contribution in [0, 0.1) is 26.6 Å². The van der Waals surface area contributed by atoms with E-state index in [0.29, 0.717) is 0 Å². The predicted molar refractivity (Wildman–Crippen MR) is 73.8 cm³/mol. The zero-order valence-corrected chi connectivity index (χ0v) is 15.6. The van der Waals surface area contributed by atoms with E-state index in [1.54, 1.807) is 0 Å². The van der Waals surface area contributed by atoms with Gasteiger partial charge in [0.15, 0.2) is 0 Å². The molecule has 0 bridgehead atoms. The van der Waals surface area contributed by atoms with Gasteiger partial charge in [-0.15, -0.1) is 0 Å². The van der Waals surface area contributed by atoms with Crippen molar-refractivity contribution >= 4 is 9.84 Å². The van der Waals surface area contributed by atoms with Gasteiger partial charge >= 0.3 is 55.1 Å². The topological polar surface area (TPSA) is 86.1 Å². The number of rotatable bonds is 0. The van der Waals surface area contributed by atoms with Gasteiger partial charge in [0.2, 0.25) is 0 Å². The van der Waals surface area contributed by atoms with Crippen molar-refractivity contribution < 1.29 is 35.7 Å². The molecule has 0 aliphatic carbocycles. The van der Waals surface area contributed by atoms with Gasteiger partial charge in [-0.3, -0.25) is 0 Å². The molecule has 1 heterocycles. The van der Waals surface area contributed by atoms with Gasteiger partial charge in [-0.2, -0.15) is 0 Å². The Morgan fingerprint density at radius 3 is 0.909 bits per heavy atom. The van der Waals surface area contributed by atoms with E-state index in [-0.39, 0.29) is 28.1 Å². The maximum Gasteiger partial charge on any atom is 0 e. The van der Waals surface area contributed by atoms with Crippen LogP contribution < -0.4 is 0 Å². The summed E-state index contributed by atoms with van der Waals surface area (Å²) in [6, 6.07) is 0. The van der Waals surface area contributed by atoms with Crippen LogP contribution in [0.15, 0.2) is 12.4 Å². The van der Waals surface area contributed by atoms with Crippen LogP contribution in [0.4, 0.5) is 0 Å². The Balaban J connectivity index is -0.0000000932. The third-order valence-corrected chi connectivity index (χ3v) is 4.10. The molecule has 0 atom stereocenters. The zero-order chi connectivity index (χ0) is 18.3. The second-order valence-corrected chi connectivity index (χ2v) is 6.64. The summed E-state index contributed by atoms with van der Waals surface area (Å²) >= 11 is 0. The minimum Gasteiger partial charge on any atom is 0 e. The monoisotopic (exact) mass is 364 g/mol. The summed E-state index contributed by atoms with van der Waals surface area (Å²) in [7, 11) is 0.749. The van der Waals surface area contributed by atoms with Gasteiger partial charge < -0.3 is 9.13 Å². The smallest absolute Gasteiger partial charge is 0 e. The molecule has 0 aromatic carbocycles. The molecule has 0 amide bonds. The Morgan fingerprint density at radius 2 is 0.818 bits per heavy atom. The second-order valence-electron chi connectivity index (χ2n) is 5.48. The fourth-order valence-corrected chi connectivity index (χ4v) is 2.16. The Kier molecular flexibility index (Phi) is 27.0. The maximum absolute atomic E-state index is 7.50. The van der Waals surface area contributed by atoms with Gasteiger partial charge in [-0.05, 0) is 41.5 Å². The fraction of sp³-hybridized carbons (Fsp3) is 0.571. The van der Waals surface area contributed by atoms with Gasteiger partial charge in [0.1, 0.15) is 0 Å². The van der Waals surface area contributed by atoms with Crippen molar-refractivity contribution in [3.63, 3.8) is 0 Å². The van der Waals surface area contributed by atoms with Gasteiger partial charge in [0, 0.05) is 40.5 Å². The summed E-state index contributed by atoms with van der Waals surface area (Å²) in [6.07, 6.45) is 4.40. The molecule has 8 heteroatoms. The average Bonchev–Trinajstić information content (AvgIpc) is 2.97. The molecule has 0 saturated carbocycles. The molecule has 0 aromatic heterocycles. The van der Waals surface area contributed by atoms with Crippen molar-refractivity contribution in [2.45, 2.75) is 52.6 Å². The van der Waals surface area contributed by atoms with E-state index in [1.807, 2.05) is 0 Å². The molecule has 1 aliphatic heterocycles. The van der Waals surface area contributed by atoms with Gasteiger partial charge in [-0.25, -0.2) is 0 Å². The van der Waals surface area contributed by atoms with E-state index in [9.17, 15) is 0 Å². The standard InChI is InChI=1S/C10H20N2Si.4CO.Fe/c1-9(2,3)11-7-8-12(13-11)10(4,5)6;4*1-2;/h7-8H,1-6H3;;;;;. The normalized spacial score (nSPS) is 11.4. The maximum atomic E-state index is 7.50. The first-order valence-electron chi connectivity index (χ1n) is 5.56. The number of hydrogen-bond acceptors (Lipinski definition) is 2. The Bertz CT molecular complexity index is 319. The molecule has 2 radical (unpaired) electrons. The van der Waals surface area contributed by atoms with E-state index in [2.05, 4.69) is 89.7 Å². The van der Waals surface area contributed by atoms with E-state index >= 15 is 0 Å². The molecule has 6 nitrogen and oxygen atoms in total. The third kappa shape index (κ3) is 15.4.